The molecule has 1 amide bonds. The lowest BCUT2D eigenvalue weighted by Crippen LogP contribution is -2.15. The third-order valence-corrected chi connectivity index (χ3v) is 4.82. The van der Waals surface area contributed by atoms with Gasteiger partial charge in [-0.3, -0.25) is 4.79 Å². The van der Waals surface area contributed by atoms with Crippen molar-refractivity contribution in [2.45, 2.75) is 12.7 Å². The van der Waals surface area contributed by atoms with Crippen LogP contribution in [0, 0.1) is 6.92 Å². The monoisotopic (exact) mass is 383 g/mol. The summed E-state index contributed by atoms with van der Waals surface area (Å²) in [6.07, 6.45) is 0. The van der Waals surface area contributed by atoms with Crippen LogP contribution < -0.4 is 5.32 Å². The van der Waals surface area contributed by atoms with Gasteiger partial charge in [-0.1, -0.05) is 29.3 Å². The number of benzene rings is 2. The molecule has 4 nitrogen and oxygen atoms in total. The number of nitrogens with one attached hydrogen (secondary N) is 1. The van der Waals surface area contributed by atoms with Gasteiger partial charge in [-0.15, -0.1) is 11.8 Å². The highest BCUT2D eigenvalue weighted by Crippen LogP contribution is 2.25. The lowest BCUT2D eigenvalue weighted by Gasteiger charge is -2.09. The summed E-state index contributed by atoms with van der Waals surface area (Å²) >= 11 is 13.4. The van der Waals surface area contributed by atoms with Gasteiger partial charge in [0.25, 0.3) is 0 Å². The maximum absolute atomic E-state index is 12.0. The molecule has 0 radical (unpaired) electrons. The van der Waals surface area contributed by atoms with Gasteiger partial charge in [-0.2, -0.15) is 0 Å². The van der Waals surface area contributed by atoms with Crippen LogP contribution in [0.3, 0.4) is 0 Å². The maximum Gasteiger partial charge on any atom is 0.335 e. The minimum Gasteiger partial charge on any atom is -0.478 e. The van der Waals surface area contributed by atoms with Gasteiger partial charge < -0.3 is 10.4 Å². The van der Waals surface area contributed by atoms with Crippen LogP contribution in [0.5, 0.6) is 0 Å². The molecule has 2 aromatic carbocycles. The molecule has 0 spiro atoms. The minimum absolute atomic E-state index is 0.156. The van der Waals surface area contributed by atoms with Crippen molar-refractivity contribution >= 4 is 52.5 Å². The summed E-state index contributed by atoms with van der Waals surface area (Å²) in [7, 11) is 0. The van der Waals surface area contributed by atoms with Crippen molar-refractivity contribution in [3.05, 3.63) is 63.1 Å². The van der Waals surface area contributed by atoms with Crippen molar-refractivity contribution in [1.29, 1.82) is 0 Å². The highest BCUT2D eigenvalue weighted by Gasteiger charge is 2.09. The summed E-state index contributed by atoms with van der Waals surface area (Å²) in [6.45, 7) is 1.75. The predicted molar refractivity (Wildman–Crippen MR) is 99.4 cm³/mol. The Labute approximate surface area is 154 Å². The molecule has 7 heteroatoms. The molecule has 0 aliphatic rings. The van der Waals surface area contributed by atoms with E-state index in [4.69, 9.17) is 28.3 Å². The minimum atomic E-state index is -0.994. The molecule has 126 valence electrons. The van der Waals surface area contributed by atoms with Gasteiger partial charge in [-0.25, -0.2) is 4.79 Å². The smallest absolute Gasteiger partial charge is 0.335 e. The Kier molecular flexibility index (Phi) is 6.54. The Balaban J connectivity index is 1.88. The normalized spacial score (nSPS) is 10.5. The number of thioether (sulfide) groups is 1. The first-order valence-corrected chi connectivity index (χ1v) is 8.93. The molecule has 0 aromatic heterocycles. The van der Waals surface area contributed by atoms with Gasteiger partial charge in [-0.05, 0) is 48.4 Å². The number of amides is 1. The number of hydrogen-bond donors (Lipinski definition) is 2. The first-order valence-electron chi connectivity index (χ1n) is 7.02. The highest BCUT2D eigenvalue weighted by molar-refractivity contribution is 7.99. The van der Waals surface area contributed by atoms with Crippen molar-refractivity contribution < 1.29 is 14.7 Å². The topological polar surface area (TPSA) is 66.4 Å². The zero-order valence-corrected chi connectivity index (χ0v) is 15.1. The van der Waals surface area contributed by atoms with Crippen LogP contribution in [0.1, 0.15) is 21.5 Å². The lowest BCUT2D eigenvalue weighted by atomic mass is 10.1. The number of aryl methyl sites for hydroxylation is 1. The van der Waals surface area contributed by atoms with E-state index < -0.39 is 5.97 Å². The standard InChI is InChI=1S/C17H15Cl2NO3S/c1-10-6-11(17(22)23)3-5-15(10)20-16(21)9-24-8-12-2-4-13(18)7-14(12)19/h2-7H,8-9H2,1H3,(H,20,21)(H,22,23). The highest BCUT2D eigenvalue weighted by atomic mass is 35.5. The number of aromatic carboxylic acids is 1. The molecule has 0 saturated heterocycles. The van der Waals surface area contributed by atoms with Crippen molar-refractivity contribution in [2.75, 3.05) is 11.1 Å². The van der Waals surface area contributed by atoms with Gasteiger partial charge in [0.15, 0.2) is 0 Å². The molecule has 0 aliphatic carbocycles. The van der Waals surface area contributed by atoms with Crippen molar-refractivity contribution in [3.63, 3.8) is 0 Å². The number of rotatable bonds is 6. The average Bonchev–Trinajstić information content (AvgIpc) is 2.51. The number of carbonyl (C=O) groups is 2. The average molecular weight is 384 g/mol. The molecular weight excluding hydrogens is 369 g/mol. The molecule has 0 aliphatic heterocycles. The Bertz CT molecular complexity index is 780. The second-order valence-electron chi connectivity index (χ2n) is 5.11. The molecule has 0 saturated carbocycles. The molecule has 2 N–H and O–H groups in total. The van der Waals surface area contributed by atoms with Crippen molar-refractivity contribution in [2.24, 2.45) is 0 Å². The summed E-state index contributed by atoms with van der Waals surface area (Å²) in [5.41, 5.74) is 2.42. The first kappa shape index (κ1) is 18.6. The fourth-order valence-electron chi connectivity index (χ4n) is 2.02. The number of carbonyl (C=O) groups excluding carboxylic acids is 1. The van der Waals surface area contributed by atoms with Crippen LogP contribution in [-0.2, 0) is 10.5 Å². The fraction of sp³-hybridized carbons (Fsp3) is 0.176. The number of anilines is 1. The Hall–Kier alpha value is -1.69. The number of hydrogen-bond acceptors (Lipinski definition) is 3. The van der Waals surface area contributed by atoms with Crippen LogP contribution in [0.4, 0.5) is 5.69 Å². The predicted octanol–water partition coefficient (Wildman–Crippen LogP) is 4.87. The van der Waals surface area contributed by atoms with Crippen LogP contribution in [-0.4, -0.2) is 22.7 Å². The first-order chi connectivity index (χ1) is 11.4. The van der Waals surface area contributed by atoms with Crippen molar-refractivity contribution in [3.8, 4) is 0 Å². The van der Waals surface area contributed by atoms with E-state index in [9.17, 15) is 9.59 Å². The second-order valence-corrected chi connectivity index (χ2v) is 6.94. The fourth-order valence-corrected chi connectivity index (χ4v) is 3.40. The quantitative estimate of drug-likeness (QED) is 0.746. The van der Waals surface area contributed by atoms with E-state index in [2.05, 4.69) is 5.32 Å². The van der Waals surface area contributed by atoms with Crippen LogP contribution in [0.25, 0.3) is 0 Å². The van der Waals surface area contributed by atoms with Crippen LogP contribution in [0.15, 0.2) is 36.4 Å². The Morgan fingerprint density at radius 2 is 1.92 bits per heavy atom. The van der Waals surface area contributed by atoms with Crippen LogP contribution in [0.2, 0.25) is 10.0 Å². The Morgan fingerprint density at radius 3 is 2.54 bits per heavy atom. The van der Waals surface area contributed by atoms with E-state index in [-0.39, 0.29) is 17.2 Å². The zero-order valence-electron chi connectivity index (χ0n) is 12.8. The Morgan fingerprint density at radius 1 is 1.17 bits per heavy atom. The zero-order chi connectivity index (χ0) is 17.7. The van der Waals surface area contributed by atoms with E-state index >= 15 is 0 Å². The van der Waals surface area contributed by atoms with Gasteiger partial charge in [0, 0.05) is 21.5 Å². The molecule has 2 aromatic rings. The summed E-state index contributed by atoms with van der Waals surface area (Å²) in [6, 6.07) is 9.86. The van der Waals surface area contributed by atoms with E-state index in [1.165, 1.54) is 23.9 Å². The SMILES string of the molecule is Cc1cc(C(=O)O)ccc1NC(=O)CSCc1ccc(Cl)cc1Cl. The molecule has 2 rings (SSSR count). The largest absolute Gasteiger partial charge is 0.478 e. The third kappa shape index (κ3) is 5.16. The van der Waals surface area contributed by atoms with Gasteiger partial charge in [0.1, 0.15) is 0 Å². The molecule has 0 bridgehead atoms. The third-order valence-electron chi connectivity index (χ3n) is 3.25. The van der Waals surface area contributed by atoms with E-state index in [0.29, 0.717) is 27.0 Å². The van der Waals surface area contributed by atoms with Crippen LogP contribution >= 0.6 is 35.0 Å². The molecular formula is C17H15Cl2NO3S. The van der Waals surface area contributed by atoms with E-state index in [1.54, 1.807) is 25.1 Å². The number of halogens is 2. The summed E-state index contributed by atoms with van der Waals surface area (Å²) in [5.74, 6) is -0.290. The van der Waals surface area contributed by atoms with E-state index in [0.717, 1.165) is 5.56 Å². The van der Waals surface area contributed by atoms with E-state index in [1.807, 2.05) is 6.07 Å². The van der Waals surface area contributed by atoms with Gasteiger partial charge in [0.05, 0.1) is 11.3 Å². The molecule has 0 atom stereocenters. The molecule has 0 heterocycles. The summed E-state index contributed by atoms with van der Waals surface area (Å²) in [5, 5.41) is 12.9. The lowest BCUT2D eigenvalue weighted by molar-refractivity contribution is -0.113. The number of carboxylic acid groups (broad SMARTS) is 1. The molecule has 24 heavy (non-hydrogen) atoms. The molecule has 0 unspecified atom stereocenters. The maximum atomic E-state index is 12.0. The van der Waals surface area contributed by atoms with Crippen molar-refractivity contribution in [1.82, 2.24) is 0 Å². The van der Waals surface area contributed by atoms with Gasteiger partial charge >= 0.3 is 5.97 Å². The summed E-state index contributed by atoms with van der Waals surface area (Å²) < 4.78 is 0. The summed E-state index contributed by atoms with van der Waals surface area (Å²) in [4.78, 5) is 22.9. The number of carboxylic acids is 1. The van der Waals surface area contributed by atoms with Gasteiger partial charge in [0.2, 0.25) is 5.91 Å². The molecule has 0 fully saturated rings. The second kappa shape index (κ2) is 8.42.